The van der Waals surface area contributed by atoms with Crippen molar-refractivity contribution in [3.05, 3.63) is 11.9 Å². The first kappa shape index (κ1) is 7.24. The lowest BCUT2D eigenvalue weighted by molar-refractivity contribution is -0.0955. The fourth-order valence-electron chi connectivity index (χ4n) is 0.695. The molecule has 2 nitrogen and oxygen atoms in total. The average Bonchev–Trinajstić information content (AvgIpc) is 2.11. The van der Waals surface area contributed by atoms with Gasteiger partial charge in [-0.3, -0.25) is 0 Å². The zero-order chi connectivity index (χ0) is 7.78. The number of nitrogens with zero attached hydrogens (tertiary/aromatic N) is 1. The molecule has 5 heteroatoms. The average molecular weight is 152 g/mol. The number of alkyl halides is 3. The van der Waals surface area contributed by atoms with Gasteiger partial charge in [0.25, 0.3) is 0 Å². The van der Waals surface area contributed by atoms with Gasteiger partial charge in [-0.25, -0.2) is 0 Å². The summed E-state index contributed by atoms with van der Waals surface area (Å²) in [6.07, 6.45) is -3.19. The van der Waals surface area contributed by atoms with Gasteiger partial charge in [-0.05, 0) is 0 Å². The van der Waals surface area contributed by atoms with Gasteiger partial charge in [0.05, 0.1) is 6.67 Å². The third kappa shape index (κ3) is 1.34. The predicted molar refractivity (Wildman–Crippen MR) is 29.9 cm³/mol. The summed E-state index contributed by atoms with van der Waals surface area (Å²) in [5, 5.41) is 2.21. The van der Waals surface area contributed by atoms with Crippen LogP contribution in [0, 0.1) is 0 Å². The van der Waals surface area contributed by atoms with Crippen molar-refractivity contribution in [1.29, 1.82) is 0 Å². The second-order valence-corrected chi connectivity index (χ2v) is 2.13. The van der Waals surface area contributed by atoms with E-state index < -0.39 is 11.9 Å². The molecule has 0 amide bonds. The van der Waals surface area contributed by atoms with E-state index in [0.717, 1.165) is 6.20 Å². The Morgan fingerprint density at radius 1 is 1.60 bits per heavy atom. The van der Waals surface area contributed by atoms with Crippen LogP contribution in [0.15, 0.2) is 11.9 Å². The van der Waals surface area contributed by atoms with Crippen LogP contribution in [0.5, 0.6) is 0 Å². The monoisotopic (exact) mass is 152 g/mol. The van der Waals surface area contributed by atoms with Crippen LogP contribution in [0.4, 0.5) is 13.2 Å². The van der Waals surface area contributed by atoms with Crippen LogP contribution in [-0.2, 0) is 0 Å². The molecule has 0 spiro atoms. The Hall–Kier alpha value is -0.870. The summed E-state index contributed by atoms with van der Waals surface area (Å²) < 4.78 is 35.3. The zero-order valence-electron chi connectivity index (χ0n) is 5.37. The summed E-state index contributed by atoms with van der Waals surface area (Å²) in [5.74, 6) is 0. The zero-order valence-corrected chi connectivity index (χ0v) is 5.37. The van der Waals surface area contributed by atoms with Crippen molar-refractivity contribution in [2.75, 3.05) is 13.7 Å². The van der Waals surface area contributed by atoms with E-state index in [1.807, 2.05) is 0 Å². The first-order valence-electron chi connectivity index (χ1n) is 2.73. The maximum atomic E-state index is 11.8. The van der Waals surface area contributed by atoms with Crippen LogP contribution in [0.1, 0.15) is 0 Å². The van der Waals surface area contributed by atoms with E-state index in [-0.39, 0.29) is 6.67 Å². The first-order valence-corrected chi connectivity index (χ1v) is 2.73. The van der Waals surface area contributed by atoms with Gasteiger partial charge in [0.2, 0.25) is 0 Å². The number of hydrogen-bond donors (Lipinski definition) is 1. The third-order valence-corrected chi connectivity index (χ3v) is 1.17. The van der Waals surface area contributed by atoms with Crippen LogP contribution < -0.4 is 5.32 Å². The van der Waals surface area contributed by atoms with Crippen molar-refractivity contribution < 1.29 is 13.2 Å². The lowest BCUT2D eigenvalue weighted by Crippen LogP contribution is -2.24. The molecule has 0 fully saturated rings. The second-order valence-electron chi connectivity index (χ2n) is 2.13. The van der Waals surface area contributed by atoms with E-state index >= 15 is 0 Å². The lowest BCUT2D eigenvalue weighted by atomic mass is 10.5. The number of nitrogens with one attached hydrogen (secondary N) is 1. The molecule has 0 aromatic carbocycles. The van der Waals surface area contributed by atoms with Gasteiger partial charge in [-0.1, -0.05) is 0 Å². The number of rotatable bonds is 0. The fourth-order valence-corrected chi connectivity index (χ4v) is 0.695. The Balaban J connectivity index is 2.67. The molecule has 0 aromatic heterocycles. The molecule has 0 unspecified atom stereocenters. The van der Waals surface area contributed by atoms with Gasteiger partial charge in [0.1, 0.15) is 5.70 Å². The summed E-state index contributed by atoms with van der Waals surface area (Å²) in [4.78, 5) is 1.43. The number of allylic oxidation sites excluding steroid dienone is 1. The largest absolute Gasteiger partial charge is 0.432 e. The van der Waals surface area contributed by atoms with Gasteiger partial charge in [0.15, 0.2) is 0 Å². The van der Waals surface area contributed by atoms with Crippen LogP contribution in [0.25, 0.3) is 0 Å². The van der Waals surface area contributed by atoms with Crippen molar-refractivity contribution in [2.45, 2.75) is 6.18 Å². The van der Waals surface area contributed by atoms with Gasteiger partial charge in [-0.2, -0.15) is 13.2 Å². The molecule has 0 atom stereocenters. The molecule has 1 N–H and O–H groups in total. The fraction of sp³-hybridized carbons (Fsp3) is 0.600. The highest BCUT2D eigenvalue weighted by atomic mass is 19.4. The van der Waals surface area contributed by atoms with E-state index in [1.165, 1.54) is 4.90 Å². The third-order valence-electron chi connectivity index (χ3n) is 1.17. The number of halogens is 3. The Kier molecular flexibility index (Phi) is 1.50. The highest BCUT2D eigenvalue weighted by Gasteiger charge is 2.36. The van der Waals surface area contributed by atoms with E-state index in [2.05, 4.69) is 5.32 Å². The van der Waals surface area contributed by atoms with E-state index in [0.29, 0.717) is 0 Å². The second kappa shape index (κ2) is 2.07. The molecule has 0 saturated heterocycles. The van der Waals surface area contributed by atoms with Crippen molar-refractivity contribution in [2.24, 2.45) is 0 Å². The highest BCUT2D eigenvalue weighted by Crippen LogP contribution is 2.25. The van der Waals surface area contributed by atoms with Crippen LogP contribution in [0.2, 0.25) is 0 Å². The van der Waals surface area contributed by atoms with Crippen molar-refractivity contribution >= 4 is 0 Å². The molecule has 0 radical (unpaired) electrons. The quantitative estimate of drug-likeness (QED) is 0.554. The van der Waals surface area contributed by atoms with Crippen LogP contribution in [0.3, 0.4) is 0 Å². The SMILES string of the molecule is CN1C=C(C(F)(F)F)NC1. The molecule has 1 heterocycles. The number of hydrogen-bond acceptors (Lipinski definition) is 2. The summed E-state index contributed by atoms with van der Waals surface area (Å²) in [6, 6.07) is 0. The summed E-state index contributed by atoms with van der Waals surface area (Å²) in [7, 11) is 1.58. The van der Waals surface area contributed by atoms with Gasteiger partial charge in [-0.15, -0.1) is 0 Å². The molecular weight excluding hydrogens is 145 g/mol. The standard InChI is InChI=1S/C5H7F3N2/c1-10-2-4(9-3-10)5(6,7)8/h2,9H,3H2,1H3. The smallest absolute Gasteiger partial charge is 0.363 e. The Morgan fingerprint density at radius 3 is 2.40 bits per heavy atom. The molecule has 58 valence electrons. The van der Waals surface area contributed by atoms with E-state index in [1.54, 1.807) is 7.05 Å². The minimum absolute atomic E-state index is 0.231. The minimum atomic E-state index is -4.23. The molecule has 0 aromatic rings. The lowest BCUT2D eigenvalue weighted by Gasteiger charge is -2.05. The molecule has 10 heavy (non-hydrogen) atoms. The topological polar surface area (TPSA) is 15.3 Å². The molecule has 0 aliphatic carbocycles. The summed E-state index contributed by atoms with van der Waals surface area (Å²) in [5.41, 5.74) is -0.671. The maximum Gasteiger partial charge on any atom is 0.432 e. The summed E-state index contributed by atoms with van der Waals surface area (Å²) >= 11 is 0. The minimum Gasteiger partial charge on any atom is -0.363 e. The Bertz CT molecular complexity index is 161. The maximum absolute atomic E-state index is 11.8. The first-order chi connectivity index (χ1) is 4.50. The van der Waals surface area contributed by atoms with Gasteiger partial charge < -0.3 is 10.2 Å². The van der Waals surface area contributed by atoms with Crippen LogP contribution in [-0.4, -0.2) is 24.8 Å². The molecule has 1 rings (SSSR count). The van der Waals surface area contributed by atoms with Gasteiger partial charge >= 0.3 is 6.18 Å². The predicted octanol–water partition coefficient (Wildman–Crippen LogP) is 0.883. The molecule has 1 aliphatic rings. The van der Waals surface area contributed by atoms with Crippen molar-refractivity contribution in [3.63, 3.8) is 0 Å². The Labute approximate surface area is 56.3 Å². The Morgan fingerprint density at radius 2 is 2.20 bits per heavy atom. The molecule has 1 aliphatic heterocycles. The van der Waals surface area contributed by atoms with E-state index in [4.69, 9.17) is 0 Å². The summed E-state index contributed by atoms with van der Waals surface area (Å²) in [6.45, 7) is 0.231. The molecule has 0 bridgehead atoms. The van der Waals surface area contributed by atoms with Crippen LogP contribution >= 0.6 is 0 Å². The normalized spacial score (nSPS) is 18.8. The highest BCUT2D eigenvalue weighted by molar-refractivity contribution is 5.09. The van der Waals surface area contributed by atoms with E-state index in [9.17, 15) is 13.2 Å². The molecule has 0 saturated carbocycles. The van der Waals surface area contributed by atoms with Crippen molar-refractivity contribution in [1.82, 2.24) is 10.2 Å². The van der Waals surface area contributed by atoms with Crippen molar-refractivity contribution in [3.8, 4) is 0 Å². The molecular formula is C5H7F3N2. The van der Waals surface area contributed by atoms with Gasteiger partial charge in [0, 0.05) is 13.2 Å².